The molecule has 5 rings (SSSR count). The molecule has 0 spiro atoms. The number of anilines is 1. The van der Waals surface area contributed by atoms with Crippen molar-refractivity contribution >= 4 is 27.9 Å². The number of imidazole rings is 1. The molecule has 30 heavy (non-hydrogen) atoms. The molecule has 1 aliphatic rings. The number of fused-ring (bicyclic) bond motifs is 2. The predicted molar refractivity (Wildman–Crippen MR) is 116 cm³/mol. The largest absolute Gasteiger partial charge is 0.368 e. The average molecular weight is 402 g/mol. The third-order valence-corrected chi connectivity index (χ3v) is 5.63. The van der Waals surface area contributed by atoms with Crippen LogP contribution in [0.15, 0.2) is 54.9 Å². The van der Waals surface area contributed by atoms with Crippen molar-refractivity contribution < 1.29 is 4.92 Å². The van der Waals surface area contributed by atoms with Crippen molar-refractivity contribution in [2.45, 2.75) is 13.5 Å². The molecule has 8 nitrogen and oxygen atoms in total. The van der Waals surface area contributed by atoms with Gasteiger partial charge in [-0.05, 0) is 25.1 Å². The molecule has 0 radical (unpaired) electrons. The summed E-state index contributed by atoms with van der Waals surface area (Å²) >= 11 is 0. The Morgan fingerprint density at radius 1 is 1.07 bits per heavy atom. The first-order chi connectivity index (χ1) is 14.6. The van der Waals surface area contributed by atoms with Crippen LogP contribution in [0.3, 0.4) is 0 Å². The molecule has 4 aromatic rings. The Hall–Kier alpha value is -3.52. The molecule has 1 aliphatic heterocycles. The Bertz CT molecular complexity index is 1210. The minimum atomic E-state index is -0.356. The van der Waals surface area contributed by atoms with Gasteiger partial charge in [-0.2, -0.15) is 0 Å². The lowest BCUT2D eigenvalue weighted by molar-refractivity contribution is -0.383. The number of piperazine rings is 1. The molecule has 0 saturated carbocycles. The molecule has 1 aromatic carbocycles. The third kappa shape index (κ3) is 3.35. The van der Waals surface area contributed by atoms with E-state index >= 15 is 0 Å². The highest BCUT2D eigenvalue weighted by molar-refractivity contribution is 5.97. The number of aromatic nitrogens is 3. The van der Waals surface area contributed by atoms with Gasteiger partial charge in [0.05, 0.1) is 10.6 Å². The van der Waals surface area contributed by atoms with Crippen LogP contribution >= 0.6 is 0 Å². The maximum absolute atomic E-state index is 11.4. The second-order valence-electron chi connectivity index (χ2n) is 7.67. The fraction of sp³-hybridized carbons (Fsp3) is 0.273. The monoisotopic (exact) mass is 402 g/mol. The van der Waals surface area contributed by atoms with Gasteiger partial charge in [0.1, 0.15) is 5.65 Å². The summed E-state index contributed by atoms with van der Waals surface area (Å²) in [5.41, 5.74) is 4.36. The second kappa shape index (κ2) is 7.38. The summed E-state index contributed by atoms with van der Waals surface area (Å²) in [6.45, 7) is 6.23. The summed E-state index contributed by atoms with van der Waals surface area (Å²) in [6.07, 6.45) is 4.10. The van der Waals surface area contributed by atoms with Crippen LogP contribution in [0.1, 0.15) is 11.4 Å². The summed E-state index contributed by atoms with van der Waals surface area (Å²) in [5.74, 6) is 0. The van der Waals surface area contributed by atoms with Crippen LogP contribution in [0.4, 0.5) is 11.4 Å². The molecule has 0 unspecified atom stereocenters. The van der Waals surface area contributed by atoms with Crippen molar-refractivity contribution in [1.29, 1.82) is 0 Å². The van der Waals surface area contributed by atoms with Gasteiger partial charge < -0.3 is 9.30 Å². The van der Waals surface area contributed by atoms with E-state index in [4.69, 9.17) is 4.98 Å². The number of non-ortho nitro benzene ring substituents is 1. The molecule has 1 saturated heterocycles. The van der Waals surface area contributed by atoms with Gasteiger partial charge in [0.15, 0.2) is 5.52 Å². The van der Waals surface area contributed by atoms with Crippen LogP contribution in [0.5, 0.6) is 0 Å². The predicted octanol–water partition coefficient (Wildman–Crippen LogP) is 3.42. The first kappa shape index (κ1) is 18.5. The van der Waals surface area contributed by atoms with E-state index in [1.165, 1.54) is 6.07 Å². The molecule has 4 heterocycles. The zero-order valence-corrected chi connectivity index (χ0v) is 16.7. The van der Waals surface area contributed by atoms with Gasteiger partial charge in [-0.3, -0.25) is 15.0 Å². The van der Waals surface area contributed by atoms with E-state index in [1.54, 1.807) is 6.07 Å². The standard InChI is InChI=1S/C22H22N6O2/c1-16-13-20(18-5-4-6-19(28(29)30)22(18)23-16)26-11-9-25(10-12-26)14-17-15-27-8-3-2-7-21(27)24-17/h2-8,13,15H,9-12,14H2,1H3. The summed E-state index contributed by atoms with van der Waals surface area (Å²) in [6, 6.07) is 13.2. The number of rotatable bonds is 4. The van der Waals surface area contributed by atoms with Gasteiger partial charge in [0, 0.05) is 68.0 Å². The van der Waals surface area contributed by atoms with Gasteiger partial charge in [-0.25, -0.2) is 9.97 Å². The Balaban J connectivity index is 1.36. The van der Waals surface area contributed by atoms with E-state index in [1.807, 2.05) is 47.9 Å². The van der Waals surface area contributed by atoms with Crippen molar-refractivity contribution in [2.24, 2.45) is 0 Å². The molecular formula is C22H22N6O2. The van der Waals surface area contributed by atoms with Gasteiger partial charge >= 0.3 is 0 Å². The number of aryl methyl sites for hydroxylation is 1. The molecule has 0 amide bonds. The molecule has 0 atom stereocenters. The van der Waals surface area contributed by atoms with Crippen LogP contribution in [-0.4, -0.2) is 50.4 Å². The Labute approximate surface area is 173 Å². The van der Waals surface area contributed by atoms with Crippen LogP contribution in [0, 0.1) is 17.0 Å². The minimum absolute atomic E-state index is 0.0583. The number of nitrogens with zero attached hydrogens (tertiary/aromatic N) is 6. The van der Waals surface area contributed by atoms with E-state index in [9.17, 15) is 10.1 Å². The summed E-state index contributed by atoms with van der Waals surface area (Å²) in [7, 11) is 0. The van der Waals surface area contributed by atoms with Gasteiger partial charge in [-0.1, -0.05) is 18.2 Å². The van der Waals surface area contributed by atoms with E-state index in [-0.39, 0.29) is 10.6 Å². The van der Waals surface area contributed by atoms with E-state index in [0.29, 0.717) is 5.52 Å². The number of hydrogen-bond acceptors (Lipinski definition) is 6. The minimum Gasteiger partial charge on any atom is -0.368 e. The molecular weight excluding hydrogens is 380 g/mol. The number of nitro benzene ring substituents is 1. The molecule has 0 N–H and O–H groups in total. The summed E-state index contributed by atoms with van der Waals surface area (Å²) in [4.78, 5) is 24.9. The lowest BCUT2D eigenvalue weighted by atomic mass is 10.1. The Kier molecular flexibility index (Phi) is 4.55. The van der Waals surface area contributed by atoms with Crippen LogP contribution < -0.4 is 4.90 Å². The highest BCUT2D eigenvalue weighted by Crippen LogP contribution is 2.32. The van der Waals surface area contributed by atoms with Crippen molar-refractivity contribution in [3.8, 4) is 0 Å². The average Bonchev–Trinajstić information content (AvgIpc) is 3.15. The first-order valence-electron chi connectivity index (χ1n) is 10.0. The van der Waals surface area contributed by atoms with Crippen LogP contribution in [-0.2, 0) is 6.54 Å². The molecule has 3 aromatic heterocycles. The van der Waals surface area contributed by atoms with E-state index < -0.39 is 0 Å². The fourth-order valence-corrected chi connectivity index (χ4v) is 4.19. The van der Waals surface area contributed by atoms with E-state index in [2.05, 4.69) is 21.0 Å². The maximum Gasteiger partial charge on any atom is 0.295 e. The molecule has 8 heteroatoms. The number of hydrogen-bond donors (Lipinski definition) is 0. The Morgan fingerprint density at radius 2 is 1.90 bits per heavy atom. The third-order valence-electron chi connectivity index (χ3n) is 5.63. The first-order valence-corrected chi connectivity index (χ1v) is 10.0. The Morgan fingerprint density at radius 3 is 2.67 bits per heavy atom. The van der Waals surface area contributed by atoms with Crippen LogP contribution in [0.2, 0.25) is 0 Å². The maximum atomic E-state index is 11.4. The van der Waals surface area contributed by atoms with Gasteiger partial charge in [-0.15, -0.1) is 0 Å². The lowest BCUT2D eigenvalue weighted by Gasteiger charge is -2.36. The smallest absolute Gasteiger partial charge is 0.295 e. The number of pyridine rings is 2. The zero-order valence-electron chi connectivity index (χ0n) is 16.7. The highest BCUT2D eigenvalue weighted by Gasteiger charge is 2.22. The molecule has 1 fully saturated rings. The second-order valence-corrected chi connectivity index (χ2v) is 7.67. The molecule has 152 valence electrons. The SMILES string of the molecule is Cc1cc(N2CCN(Cc3cn4ccccc4n3)CC2)c2cccc([N+](=O)[O-])c2n1. The van der Waals surface area contributed by atoms with Crippen molar-refractivity contribution in [2.75, 3.05) is 31.1 Å². The molecule has 0 bridgehead atoms. The lowest BCUT2D eigenvalue weighted by Crippen LogP contribution is -2.46. The van der Waals surface area contributed by atoms with E-state index in [0.717, 1.165) is 60.8 Å². The van der Waals surface area contributed by atoms with Crippen molar-refractivity contribution in [1.82, 2.24) is 19.3 Å². The van der Waals surface area contributed by atoms with Crippen molar-refractivity contribution in [3.05, 3.63) is 76.4 Å². The zero-order chi connectivity index (χ0) is 20.7. The summed E-state index contributed by atoms with van der Waals surface area (Å²) in [5, 5.41) is 12.3. The van der Waals surface area contributed by atoms with Gasteiger partial charge in [0.25, 0.3) is 5.69 Å². The quantitative estimate of drug-likeness (QED) is 0.384. The summed E-state index contributed by atoms with van der Waals surface area (Å²) < 4.78 is 2.05. The fourth-order valence-electron chi connectivity index (χ4n) is 4.19. The number of nitro groups is 1. The van der Waals surface area contributed by atoms with Gasteiger partial charge in [0.2, 0.25) is 0 Å². The number of para-hydroxylation sites is 1. The molecule has 0 aliphatic carbocycles. The van der Waals surface area contributed by atoms with Crippen LogP contribution in [0.25, 0.3) is 16.6 Å². The van der Waals surface area contributed by atoms with Crippen molar-refractivity contribution in [3.63, 3.8) is 0 Å². The number of benzene rings is 1. The normalized spacial score (nSPS) is 15.2. The topological polar surface area (TPSA) is 79.8 Å². The highest BCUT2D eigenvalue weighted by atomic mass is 16.6.